The van der Waals surface area contributed by atoms with Crippen molar-refractivity contribution >= 4 is 17.6 Å². The van der Waals surface area contributed by atoms with Gasteiger partial charge in [0, 0.05) is 0 Å². The molecular formula is C13H12ClNO4. The predicted octanol–water partition coefficient (Wildman–Crippen LogP) is 3.61. The van der Waals surface area contributed by atoms with Gasteiger partial charge in [0.05, 0.1) is 11.6 Å². The number of hydrogen-bond acceptors (Lipinski definition) is 5. The van der Waals surface area contributed by atoms with Gasteiger partial charge in [-0.3, -0.25) is 0 Å². The molecule has 0 spiro atoms. The maximum absolute atomic E-state index is 11.4. The lowest BCUT2D eigenvalue weighted by Crippen LogP contribution is -2.04. The molecule has 1 heterocycles. The fourth-order valence-corrected chi connectivity index (χ4v) is 1.66. The second kappa shape index (κ2) is 5.75. The van der Waals surface area contributed by atoms with Crippen LogP contribution < -0.4 is 4.74 Å². The lowest BCUT2D eigenvalue weighted by Gasteiger charge is -2.03. The highest BCUT2D eigenvalue weighted by Crippen LogP contribution is 2.29. The van der Waals surface area contributed by atoms with Gasteiger partial charge in [0.1, 0.15) is 6.26 Å². The van der Waals surface area contributed by atoms with E-state index in [1.807, 2.05) is 13.0 Å². The molecule has 2 rings (SSSR count). The Kier molecular flexibility index (Phi) is 4.06. The highest BCUT2D eigenvalue weighted by molar-refractivity contribution is 6.32. The van der Waals surface area contributed by atoms with Gasteiger partial charge in [-0.05, 0) is 31.5 Å². The molecule has 1 aromatic heterocycles. The molecule has 0 fully saturated rings. The first-order valence-electron chi connectivity index (χ1n) is 5.67. The summed E-state index contributed by atoms with van der Waals surface area (Å²) in [5.41, 5.74) is 1.07. The smallest absolute Gasteiger partial charge is 0.399 e. The summed E-state index contributed by atoms with van der Waals surface area (Å²) in [4.78, 5) is 15.3. The van der Waals surface area contributed by atoms with Crippen LogP contribution in [0.25, 0.3) is 0 Å². The van der Waals surface area contributed by atoms with Gasteiger partial charge in [0.15, 0.2) is 11.4 Å². The third-order valence-electron chi connectivity index (χ3n) is 2.25. The molecule has 0 atom stereocenters. The summed E-state index contributed by atoms with van der Waals surface area (Å²) in [7, 11) is 0. The highest BCUT2D eigenvalue weighted by Gasteiger charge is 2.15. The van der Waals surface area contributed by atoms with E-state index in [-0.39, 0.29) is 18.4 Å². The standard InChI is InChI=1S/C13H12ClNO4/c1-3-17-12(16)10-7-18-13(15-10)19-11-5-4-8(2)6-9(11)14/h4-7H,3H2,1-2H3. The van der Waals surface area contributed by atoms with Crippen molar-refractivity contribution in [3.63, 3.8) is 0 Å². The average Bonchev–Trinajstić information content (AvgIpc) is 2.82. The van der Waals surface area contributed by atoms with Crippen molar-refractivity contribution in [2.24, 2.45) is 0 Å². The van der Waals surface area contributed by atoms with Crippen LogP contribution in [-0.2, 0) is 4.74 Å². The van der Waals surface area contributed by atoms with E-state index < -0.39 is 5.97 Å². The molecule has 0 bridgehead atoms. The van der Waals surface area contributed by atoms with Gasteiger partial charge in [0.25, 0.3) is 0 Å². The van der Waals surface area contributed by atoms with E-state index in [1.54, 1.807) is 19.1 Å². The molecule has 0 aliphatic rings. The van der Waals surface area contributed by atoms with Gasteiger partial charge in [-0.1, -0.05) is 17.7 Å². The van der Waals surface area contributed by atoms with Gasteiger partial charge in [0.2, 0.25) is 0 Å². The first-order valence-corrected chi connectivity index (χ1v) is 6.04. The molecule has 6 heteroatoms. The van der Waals surface area contributed by atoms with E-state index in [2.05, 4.69) is 4.98 Å². The number of aryl methyl sites for hydroxylation is 1. The molecule has 0 unspecified atom stereocenters. The second-order valence-electron chi connectivity index (χ2n) is 3.76. The van der Waals surface area contributed by atoms with Crippen molar-refractivity contribution in [3.8, 4) is 11.8 Å². The topological polar surface area (TPSA) is 61.6 Å². The number of esters is 1. The number of rotatable bonds is 4. The van der Waals surface area contributed by atoms with E-state index in [0.29, 0.717) is 10.8 Å². The van der Waals surface area contributed by atoms with Gasteiger partial charge in [-0.15, -0.1) is 0 Å². The number of halogens is 1. The van der Waals surface area contributed by atoms with Crippen LogP contribution in [-0.4, -0.2) is 17.6 Å². The molecule has 100 valence electrons. The molecule has 0 amide bonds. The lowest BCUT2D eigenvalue weighted by molar-refractivity contribution is 0.0519. The number of carbonyl (C=O) groups is 1. The molecule has 0 N–H and O–H groups in total. The Balaban J connectivity index is 2.13. The van der Waals surface area contributed by atoms with Gasteiger partial charge < -0.3 is 13.9 Å². The van der Waals surface area contributed by atoms with Crippen molar-refractivity contribution in [1.82, 2.24) is 4.98 Å². The minimum Gasteiger partial charge on any atom is -0.461 e. The summed E-state index contributed by atoms with van der Waals surface area (Å²) in [6, 6.07) is 5.30. The monoisotopic (exact) mass is 281 g/mol. The second-order valence-corrected chi connectivity index (χ2v) is 4.16. The van der Waals surface area contributed by atoms with Crippen molar-refractivity contribution in [3.05, 3.63) is 40.7 Å². The molecule has 0 radical (unpaired) electrons. The minimum absolute atomic E-state index is 0.0556. The Morgan fingerprint density at radius 3 is 2.95 bits per heavy atom. The summed E-state index contributed by atoms with van der Waals surface area (Å²) in [5, 5.41) is 0.441. The summed E-state index contributed by atoms with van der Waals surface area (Å²) >= 11 is 6.01. The number of hydrogen-bond donors (Lipinski definition) is 0. The lowest BCUT2D eigenvalue weighted by atomic mass is 10.2. The Morgan fingerprint density at radius 2 is 2.26 bits per heavy atom. The van der Waals surface area contributed by atoms with E-state index in [0.717, 1.165) is 5.56 Å². The fraction of sp³-hybridized carbons (Fsp3) is 0.231. The first kappa shape index (κ1) is 13.4. The summed E-state index contributed by atoms with van der Waals surface area (Å²) in [6.45, 7) is 3.90. The largest absolute Gasteiger partial charge is 0.461 e. The molecule has 0 aliphatic heterocycles. The zero-order chi connectivity index (χ0) is 13.8. The summed E-state index contributed by atoms with van der Waals surface area (Å²) in [5.74, 6) is -0.152. The Labute approximate surface area is 115 Å². The quantitative estimate of drug-likeness (QED) is 0.801. The normalized spacial score (nSPS) is 10.3. The third kappa shape index (κ3) is 3.26. The third-order valence-corrected chi connectivity index (χ3v) is 2.55. The molecule has 19 heavy (non-hydrogen) atoms. The van der Waals surface area contributed by atoms with Crippen LogP contribution in [0.3, 0.4) is 0 Å². The zero-order valence-electron chi connectivity index (χ0n) is 10.5. The predicted molar refractivity (Wildman–Crippen MR) is 68.7 cm³/mol. The molecule has 0 aliphatic carbocycles. The van der Waals surface area contributed by atoms with Crippen LogP contribution in [0.4, 0.5) is 0 Å². The maximum atomic E-state index is 11.4. The van der Waals surface area contributed by atoms with E-state index >= 15 is 0 Å². The van der Waals surface area contributed by atoms with Crippen molar-refractivity contribution < 1.29 is 18.7 Å². The van der Waals surface area contributed by atoms with Crippen LogP contribution in [0.1, 0.15) is 23.0 Å². The van der Waals surface area contributed by atoms with E-state index in [1.165, 1.54) is 6.26 Å². The Morgan fingerprint density at radius 1 is 1.47 bits per heavy atom. The summed E-state index contributed by atoms with van der Waals surface area (Å²) in [6.07, 6.45) is 1.11. The highest BCUT2D eigenvalue weighted by atomic mass is 35.5. The van der Waals surface area contributed by atoms with Gasteiger partial charge in [-0.25, -0.2) is 4.79 Å². The number of oxazole rings is 1. The van der Waals surface area contributed by atoms with Crippen LogP contribution in [0.15, 0.2) is 28.9 Å². The molecule has 0 saturated heterocycles. The fourth-order valence-electron chi connectivity index (χ4n) is 1.39. The van der Waals surface area contributed by atoms with Crippen LogP contribution in [0.5, 0.6) is 11.8 Å². The minimum atomic E-state index is -0.559. The van der Waals surface area contributed by atoms with Crippen molar-refractivity contribution in [2.45, 2.75) is 13.8 Å². The Hall–Kier alpha value is -2.01. The average molecular weight is 282 g/mol. The van der Waals surface area contributed by atoms with Crippen LogP contribution >= 0.6 is 11.6 Å². The van der Waals surface area contributed by atoms with E-state index in [9.17, 15) is 4.79 Å². The van der Waals surface area contributed by atoms with Crippen molar-refractivity contribution in [1.29, 1.82) is 0 Å². The molecule has 1 aromatic carbocycles. The SMILES string of the molecule is CCOC(=O)c1coc(Oc2ccc(C)cc2Cl)n1. The number of nitrogens with zero attached hydrogens (tertiary/aromatic N) is 1. The van der Waals surface area contributed by atoms with Gasteiger partial charge >= 0.3 is 12.0 Å². The molecule has 5 nitrogen and oxygen atoms in total. The Bertz CT molecular complexity index is 594. The number of benzene rings is 1. The molecular weight excluding hydrogens is 270 g/mol. The number of aromatic nitrogens is 1. The summed E-state index contributed by atoms with van der Waals surface area (Å²) < 4.78 is 15.2. The van der Waals surface area contributed by atoms with E-state index in [4.69, 9.17) is 25.5 Å². The molecule has 0 saturated carbocycles. The number of ether oxygens (including phenoxy) is 2. The van der Waals surface area contributed by atoms with Crippen LogP contribution in [0, 0.1) is 6.92 Å². The maximum Gasteiger partial charge on any atom is 0.399 e. The molecule has 2 aromatic rings. The zero-order valence-corrected chi connectivity index (χ0v) is 11.2. The first-order chi connectivity index (χ1) is 9.10. The number of carbonyl (C=O) groups excluding carboxylic acids is 1. The van der Waals surface area contributed by atoms with Crippen LogP contribution in [0.2, 0.25) is 5.02 Å². The van der Waals surface area contributed by atoms with Crippen molar-refractivity contribution in [2.75, 3.05) is 6.61 Å². The van der Waals surface area contributed by atoms with Gasteiger partial charge in [-0.2, -0.15) is 4.98 Å².